The van der Waals surface area contributed by atoms with Crippen LogP contribution in [0.15, 0.2) is 35.7 Å². The fraction of sp³-hybridized carbons (Fsp3) is 0.368. The number of hydrogen-bond acceptors (Lipinski definition) is 4. The van der Waals surface area contributed by atoms with Crippen molar-refractivity contribution >= 4 is 17.2 Å². The third-order valence-electron chi connectivity index (χ3n) is 3.87. The molecule has 2 atom stereocenters. The molecule has 0 spiro atoms. The average molecular weight is 396 g/mol. The van der Waals surface area contributed by atoms with Crippen LogP contribution in [0.3, 0.4) is 0 Å². The quantitative estimate of drug-likeness (QED) is 0.711. The molecule has 2 unspecified atom stereocenters. The van der Waals surface area contributed by atoms with Gasteiger partial charge in [-0.05, 0) is 43.0 Å². The summed E-state index contributed by atoms with van der Waals surface area (Å²) in [6, 6.07) is 8.13. The first-order chi connectivity index (χ1) is 12.8. The van der Waals surface area contributed by atoms with Crippen molar-refractivity contribution in [2.75, 3.05) is 0 Å². The van der Waals surface area contributed by atoms with Crippen molar-refractivity contribution in [2.45, 2.75) is 45.0 Å². The molecule has 0 radical (unpaired) electrons. The molecule has 0 aliphatic rings. The Morgan fingerprint density at radius 1 is 1.37 bits per heavy atom. The van der Waals surface area contributed by atoms with E-state index in [9.17, 15) is 18.0 Å². The van der Waals surface area contributed by atoms with Crippen molar-refractivity contribution in [3.63, 3.8) is 0 Å². The Balaban J connectivity index is 2.18. The normalized spacial score (nSPS) is 13.5. The number of benzene rings is 1. The summed E-state index contributed by atoms with van der Waals surface area (Å²) in [4.78, 5) is 13.5. The average Bonchev–Trinajstić information content (AvgIpc) is 3.15. The van der Waals surface area contributed by atoms with Gasteiger partial charge in [-0.15, -0.1) is 11.3 Å². The van der Waals surface area contributed by atoms with E-state index in [4.69, 9.17) is 10.00 Å². The van der Waals surface area contributed by atoms with Crippen LogP contribution in [-0.2, 0) is 11.0 Å². The lowest BCUT2D eigenvalue weighted by molar-refractivity contribution is -0.137. The van der Waals surface area contributed by atoms with Crippen LogP contribution in [-0.4, -0.2) is 12.0 Å². The van der Waals surface area contributed by atoms with Gasteiger partial charge in [0.25, 0.3) is 5.91 Å². The van der Waals surface area contributed by atoms with Gasteiger partial charge in [0.05, 0.1) is 23.2 Å². The number of halogens is 3. The Bertz CT molecular complexity index is 813. The van der Waals surface area contributed by atoms with Crippen molar-refractivity contribution in [3.8, 4) is 11.8 Å². The van der Waals surface area contributed by atoms with E-state index in [2.05, 4.69) is 5.32 Å². The van der Waals surface area contributed by atoms with Crippen LogP contribution in [0.2, 0.25) is 0 Å². The van der Waals surface area contributed by atoms with Crippen molar-refractivity contribution in [1.82, 2.24) is 5.32 Å². The summed E-state index contributed by atoms with van der Waals surface area (Å²) in [6.45, 7) is 3.68. The highest BCUT2D eigenvalue weighted by Crippen LogP contribution is 2.34. The second-order valence-electron chi connectivity index (χ2n) is 5.96. The third-order valence-corrected chi connectivity index (χ3v) is 4.92. The van der Waals surface area contributed by atoms with E-state index in [0.29, 0.717) is 12.8 Å². The molecule has 144 valence electrons. The van der Waals surface area contributed by atoms with Crippen molar-refractivity contribution in [1.29, 1.82) is 5.26 Å². The van der Waals surface area contributed by atoms with Crippen LogP contribution < -0.4 is 10.1 Å². The Hall–Kier alpha value is -2.53. The zero-order valence-corrected chi connectivity index (χ0v) is 15.7. The zero-order valence-electron chi connectivity index (χ0n) is 14.8. The van der Waals surface area contributed by atoms with Gasteiger partial charge in [-0.1, -0.05) is 19.4 Å². The maximum atomic E-state index is 13.1. The van der Waals surface area contributed by atoms with E-state index < -0.39 is 29.3 Å². The second-order valence-corrected chi connectivity index (χ2v) is 6.94. The Morgan fingerprint density at radius 2 is 2.11 bits per heavy atom. The molecule has 1 heterocycles. The molecule has 0 aliphatic carbocycles. The van der Waals surface area contributed by atoms with Crippen molar-refractivity contribution in [2.24, 2.45) is 0 Å². The zero-order chi connectivity index (χ0) is 20.0. The summed E-state index contributed by atoms with van der Waals surface area (Å²) in [5.41, 5.74) is -1.57. The van der Waals surface area contributed by atoms with Gasteiger partial charge < -0.3 is 10.1 Å². The highest BCUT2D eigenvalue weighted by atomic mass is 32.1. The van der Waals surface area contributed by atoms with E-state index >= 15 is 0 Å². The van der Waals surface area contributed by atoms with Crippen molar-refractivity contribution in [3.05, 3.63) is 51.7 Å². The molecule has 0 bridgehead atoms. The smallest absolute Gasteiger partial charge is 0.417 e. The van der Waals surface area contributed by atoms with Gasteiger partial charge in [0.1, 0.15) is 5.75 Å². The first-order valence-corrected chi connectivity index (χ1v) is 9.26. The van der Waals surface area contributed by atoms with Crippen LogP contribution in [0.4, 0.5) is 13.2 Å². The van der Waals surface area contributed by atoms with Gasteiger partial charge in [-0.25, -0.2) is 0 Å². The lowest BCUT2D eigenvalue weighted by atomic mass is 10.1. The lowest BCUT2D eigenvalue weighted by Gasteiger charge is -2.21. The molecule has 0 saturated heterocycles. The number of thiophene rings is 1. The van der Waals surface area contributed by atoms with Crippen LogP contribution in [0, 0.1) is 11.3 Å². The molecule has 1 aromatic carbocycles. The number of ether oxygens (including phenoxy) is 1. The second kappa shape index (κ2) is 8.91. The lowest BCUT2D eigenvalue weighted by Crippen LogP contribution is -2.39. The molecular weight excluding hydrogens is 377 g/mol. The molecular formula is C19H19F3N2O2S. The monoisotopic (exact) mass is 396 g/mol. The number of rotatable bonds is 7. The molecule has 8 heteroatoms. The number of alkyl halides is 3. The molecule has 2 aromatic rings. The number of carbonyl (C=O) groups excluding carboxylic acids is 1. The Kier molecular flexibility index (Phi) is 6.86. The minimum Gasteiger partial charge on any atom is -0.481 e. The maximum absolute atomic E-state index is 13.1. The maximum Gasteiger partial charge on any atom is 0.417 e. The van der Waals surface area contributed by atoms with E-state index in [1.165, 1.54) is 23.5 Å². The summed E-state index contributed by atoms with van der Waals surface area (Å²) < 4.78 is 44.9. The number of amides is 1. The molecule has 1 aromatic heterocycles. The fourth-order valence-electron chi connectivity index (χ4n) is 2.51. The number of hydrogen-bond donors (Lipinski definition) is 1. The molecule has 2 rings (SSSR count). The van der Waals surface area contributed by atoms with Gasteiger partial charge in [0, 0.05) is 4.88 Å². The molecule has 4 nitrogen and oxygen atoms in total. The van der Waals surface area contributed by atoms with E-state index in [1.54, 1.807) is 0 Å². The number of nitrogens with one attached hydrogen (secondary N) is 1. The summed E-state index contributed by atoms with van der Waals surface area (Å²) in [6.07, 6.45) is -4.63. The topological polar surface area (TPSA) is 62.1 Å². The molecule has 0 saturated carbocycles. The molecule has 27 heavy (non-hydrogen) atoms. The van der Waals surface area contributed by atoms with E-state index in [1.807, 2.05) is 31.4 Å². The summed E-state index contributed by atoms with van der Waals surface area (Å²) in [7, 11) is 0. The van der Waals surface area contributed by atoms with Gasteiger partial charge in [0.15, 0.2) is 6.10 Å². The summed E-state index contributed by atoms with van der Waals surface area (Å²) in [5, 5.41) is 13.6. The SMILES string of the molecule is CCCC(Oc1ccc(C#N)c(C(F)(F)F)c1)C(=O)NC(C)c1cccs1. The Morgan fingerprint density at radius 3 is 2.67 bits per heavy atom. The molecule has 1 amide bonds. The number of carbonyl (C=O) groups is 1. The minimum absolute atomic E-state index is 0.0984. The van der Waals surface area contributed by atoms with Gasteiger partial charge in [-0.2, -0.15) is 18.4 Å². The standard InChI is InChI=1S/C19H19F3N2O2S/c1-3-5-16(18(25)24-12(2)17-6-4-9-27-17)26-14-8-7-13(11-23)15(10-14)19(20,21)22/h4,6-10,12,16H,3,5H2,1-2H3,(H,24,25). The molecule has 1 N–H and O–H groups in total. The first kappa shape index (κ1) is 20.8. The largest absolute Gasteiger partial charge is 0.481 e. The highest BCUT2D eigenvalue weighted by Gasteiger charge is 2.34. The van der Waals surface area contributed by atoms with Crippen LogP contribution in [0.5, 0.6) is 5.75 Å². The minimum atomic E-state index is -4.68. The van der Waals surface area contributed by atoms with Gasteiger partial charge >= 0.3 is 6.18 Å². The number of nitrogens with zero attached hydrogens (tertiary/aromatic N) is 1. The first-order valence-electron chi connectivity index (χ1n) is 8.38. The molecule has 0 aliphatic heterocycles. The van der Waals surface area contributed by atoms with E-state index in [0.717, 1.165) is 17.0 Å². The number of nitriles is 1. The predicted molar refractivity (Wildman–Crippen MR) is 96.4 cm³/mol. The van der Waals surface area contributed by atoms with Gasteiger partial charge in [0.2, 0.25) is 0 Å². The van der Waals surface area contributed by atoms with Crippen LogP contribution in [0.1, 0.15) is 48.7 Å². The van der Waals surface area contributed by atoms with E-state index in [-0.39, 0.29) is 11.8 Å². The third kappa shape index (κ3) is 5.47. The Labute approximate surface area is 159 Å². The molecule has 0 fully saturated rings. The fourth-order valence-corrected chi connectivity index (χ4v) is 3.25. The van der Waals surface area contributed by atoms with Crippen molar-refractivity contribution < 1.29 is 22.7 Å². The van der Waals surface area contributed by atoms with Gasteiger partial charge in [-0.3, -0.25) is 4.79 Å². The highest BCUT2D eigenvalue weighted by molar-refractivity contribution is 7.10. The van der Waals surface area contributed by atoms with Crippen LogP contribution >= 0.6 is 11.3 Å². The van der Waals surface area contributed by atoms with Crippen LogP contribution in [0.25, 0.3) is 0 Å². The summed E-state index contributed by atoms with van der Waals surface area (Å²) in [5.74, 6) is -0.491. The predicted octanol–water partition coefficient (Wildman–Crippen LogP) is 5.06. The summed E-state index contributed by atoms with van der Waals surface area (Å²) >= 11 is 1.50.